The van der Waals surface area contributed by atoms with E-state index in [2.05, 4.69) is 0 Å². The van der Waals surface area contributed by atoms with Gasteiger partial charge in [0.1, 0.15) is 12.6 Å². The number of rotatable bonds is 6. The summed E-state index contributed by atoms with van der Waals surface area (Å²) in [5.41, 5.74) is -8.35. The predicted molar refractivity (Wildman–Crippen MR) is 135 cm³/mol. The monoisotopic (exact) mass is 638 g/mol. The second-order valence-corrected chi connectivity index (χ2v) is 11.4. The van der Waals surface area contributed by atoms with E-state index in [9.17, 15) is 57.3 Å². The molecule has 0 saturated carbocycles. The van der Waals surface area contributed by atoms with Crippen molar-refractivity contribution in [2.24, 2.45) is 0 Å². The number of H-pyrrole nitrogens is 2. The number of aromatic nitrogens is 4. The number of hydrogen-bond acceptors (Lipinski definition) is 10. The van der Waals surface area contributed by atoms with Gasteiger partial charge in [-0.3, -0.25) is 57.7 Å². The molecule has 42 heavy (non-hydrogen) atoms. The van der Waals surface area contributed by atoms with Crippen molar-refractivity contribution < 1.29 is 47.3 Å². The number of nitrogens with one attached hydrogen (secondary N) is 2. The van der Waals surface area contributed by atoms with Gasteiger partial charge >= 0.3 is 48.8 Å². The summed E-state index contributed by atoms with van der Waals surface area (Å²) >= 11 is 0. The van der Waals surface area contributed by atoms with Crippen LogP contribution in [0, 0.1) is 31.9 Å². The fourth-order valence-electron chi connectivity index (χ4n) is 3.49. The lowest BCUT2D eigenvalue weighted by molar-refractivity contribution is -0.387. The van der Waals surface area contributed by atoms with Crippen molar-refractivity contribution in [2.45, 2.75) is 12.6 Å². The van der Waals surface area contributed by atoms with Crippen LogP contribution >= 0.6 is 15.2 Å². The van der Waals surface area contributed by atoms with Crippen LogP contribution in [-0.4, -0.2) is 48.5 Å². The van der Waals surface area contributed by atoms with Crippen LogP contribution in [0.2, 0.25) is 0 Å². The maximum Gasteiger partial charge on any atom is 0.345 e. The van der Waals surface area contributed by atoms with E-state index < -0.39 is 82.9 Å². The molecule has 0 unspecified atom stereocenters. The normalized spacial score (nSPS) is 11.8. The molecule has 0 aliphatic carbocycles. The lowest BCUT2D eigenvalue weighted by Crippen LogP contribution is -2.36. The fourth-order valence-corrected chi connectivity index (χ4v) is 4.79. The zero-order valence-corrected chi connectivity index (χ0v) is 21.8. The molecule has 0 amide bonds. The molecule has 0 atom stereocenters. The Labute approximate surface area is 225 Å². The number of benzene rings is 2. The van der Waals surface area contributed by atoms with E-state index in [0.717, 1.165) is 0 Å². The molecule has 0 aliphatic rings. The molecule has 24 heteroatoms. The van der Waals surface area contributed by atoms with Crippen LogP contribution in [0.4, 0.5) is 20.2 Å². The van der Waals surface area contributed by atoms with Gasteiger partial charge in [0.25, 0.3) is 0 Å². The first-order chi connectivity index (χ1) is 19.2. The topological polar surface area (TPSA) is 311 Å². The summed E-state index contributed by atoms with van der Waals surface area (Å²) in [5.74, 6) is -2.57. The third-order valence-electron chi connectivity index (χ3n) is 5.13. The molecule has 0 radical (unpaired) electrons. The molecule has 0 aliphatic heterocycles. The average molecular weight is 638 g/mol. The van der Waals surface area contributed by atoms with Gasteiger partial charge in [0.05, 0.1) is 31.9 Å². The maximum absolute atomic E-state index is 13.6. The lowest BCUT2D eigenvalue weighted by atomic mass is 10.2. The highest BCUT2D eigenvalue weighted by atomic mass is 31.2. The third-order valence-corrected chi connectivity index (χ3v) is 6.43. The van der Waals surface area contributed by atoms with E-state index in [0.29, 0.717) is 33.4 Å². The highest BCUT2D eigenvalue weighted by Gasteiger charge is 2.24. The van der Waals surface area contributed by atoms with Crippen molar-refractivity contribution >= 4 is 48.6 Å². The van der Waals surface area contributed by atoms with Crippen molar-refractivity contribution in [1.82, 2.24) is 19.1 Å². The number of nitrogens with zero attached hydrogens (tertiary/aromatic N) is 4. The number of nitro groups is 2. The second-order valence-electron chi connectivity index (χ2n) is 8.14. The summed E-state index contributed by atoms with van der Waals surface area (Å²) in [6.07, 6.45) is -2.31. The number of halogens is 2. The summed E-state index contributed by atoms with van der Waals surface area (Å²) < 4.78 is 49.8. The van der Waals surface area contributed by atoms with E-state index in [-0.39, 0.29) is 22.1 Å². The molecule has 0 saturated heterocycles. The van der Waals surface area contributed by atoms with E-state index in [1.54, 1.807) is 0 Å². The van der Waals surface area contributed by atoms with Crippen LogP contribution in [0.15, 0.2) is 43.4 Å². The zero-order valence-electron chi connectivity index (χ0n) is 20.0. The van der Waals surface area contributed by atoms with Gasteiger partial charge in [-0.05, 0) is 0 Å². The van der Waals surface area contributed by atoms with Crippen molar-refractivity contribution in [3.8, 4) is 0 Å². The quantitative estimate of drug-likeness (QED) is 0.0686. The van der Waals surface area contributed by atoms with Crippen LogP contribution in [0.1, 0.15) is 0 Å². The van der Waals surface area contributed by atoms with Gasteiger partial charge in [0.2, 0.25) is 11.6 Å². The third kappa shape index (κ3) is 6.94. The van der Waals surface area contributed by atoms with Crippen LogP contribution in [0.3, 0.4) is 0 Å². The Balaban J connectivity index is 0.000000230. The maximum atomic E-state index is 13.6. The minimum Gasteiger partial charge on any atom is -0.323 e. The first-order valence-electron chi connectivity index (χ1n) is 10.5. The van der Waals surface area contributed by atoms with Gasteiger partial charge in [-0.15, -0.1) is 0 Å². The molecule has 224 valence electrons. The number of fused-ring (bicyclic) bond motifs is 2. The molecule has 0 fully saturated rings. The van der Waals surface area contributed by atoms with E-state index in [4.69, 9.17) is 19.6 Å². The second kappa shape index (κ2) is 11.3. The fraction of sp³-hybridized carbons (Fsp3) is 0.111. The van der Waals surface area contributed by atoms with E-state index >= 15 is 0 Å². The Morgan fingerprint density at radius 2 is 1.05 bits per heavy atom. The number of aromatic amines is 2. The van der Waals surface area contributed by atoms with Gasteiger partial charge < -0.3 is 29.5 Å². The molecule has 20 nitrogen and oxygen atoms in total. The first kappa shape index (κ1) is 31.8. The Morgan fingerprint density at radius 1 is 0.690 bits per heavy atom. The Bertz CT molecular complexity index is 2130. The van der Waals surface area contributed by atoms with Crippen LogP contribution in [-0.2, 0) is 21.7 Å². The van der Waals surface area contributed by atoms with Gasteiger partial charge in [-0.1, -0.05) is 0 Å². The molecule has 4 rings (SSSR count). The molecule has 2 aromatic carbocycles. The van der Waals surface area contributed by atoms with Crippen molar-refractivity contribution in [2.75, 3.05) is 0 Å². The van der Waals surface area contributed by atoms with E-state index in [1.165, 1.54) is 0 Å². The zero-order chi connectivity index (χ0) is 31.9. The van der Waals surface area contributed by atoms with Gasteiger partial charge in [0, 0.05) is 24.3 Å². The Kier molecular flexibility index (Phi) is 8.54. The Morgan fingerprint density at radius 3 is 1.45 bits per heavy atom. The molecule has 0 spiro atoms. The van der Waals surface area contributed by atoms with Gasteiger partial charge in [-0.25, -0.2) is 0 Å². The number of nitro benzene ring substituents is 2. The molecule has 4 aromatic rings. The van der Waals surface area contributed by atoms with Crippen molar-refractivity contribution in [1.29, 1.82) is 0 Å². The smallest absolute Gasteiger partial charge is 0.323 e. The molecular weight excluding hydrogens is 624 g/mol. The minimum absolute atomic E-state index is 0.291. The average Bonchev–Trinajstić information content (AvgIpc) is 2.83. The van der Waals surface area contributed by atoms with Crippen LogP contribution in [0.25, 0.3) is 22.1 Å². The summed E-state index contributed by atoms with van der Waals surface area (Å²) in [6.45, 7) is 0. The largest absolute Gasteiger partial charge is 0.345 e. The predicted octanol–water partition coefficient (Wildman–Crippen LogP) is -0.255. The molecule has 2 heterocycles. The molecule has 6 N–H and O–H groups in total. The highest BCUT2D eigenvalue weighted by Crippen LogP contribution is 2.38. The van der Waals surface area contributed by atoms with Crippen molar-refractivity contribution in [3.63, 3.8) is 0 Å². The lowest BCUT2D eigenvalue weighted by Gasteiger charge is -2.10. The van der Waals surface area contributed by atoms with Gasteiger partial charge in [0.15, 0.2) is 0 Å². The van der Waals surface area contributed by atoms with Crippen LogP contribution < -0.4 is 22.2 Å². The van der Waals surface area contributed by atoms with Crippen molar-refractivity contribution in [3.05, 3.63) is 97.5 Å². The molecule has 0 bridgehead atoms. The summed E-state index contributed by atoms with van der Waals surface area (Å²) in [5, 5.41) is 21.3. The Hall–Kier alpha value is -4.72. The standard InChI is InChI=1S/2C9H7FN3O7P/c10-4-1-7-5(2-6(4)13(16)17)11-8(14)9(15)12(7)3-21(18,19)20;10-4-1-5-7(2-6(4)13(16)17)12(3-21(18,19)20)9(15)8(14)11-5/h2*1-2H,3H2,(H,11,14)(H2,18,19,20). The summed E-state index contributed by atoms with van der Waals surface area (Å²) in [6, 6.07) is 2.45. The summed E-state index contributed by atoms with van der Waals surface area (Å²) in [4.78, 5) is 105. The highest BCUT2D eigenvalue weighted by molar-refractivity contribution is 7.50. The van der Waals surface area contributed by atoms with Crippen LogP contribution in [0.5, 0.6) is 0 Å². The minimum atomic E-state index is -4.74. The first-order valence-corrected chi connectivity index (χ1v) is 14.1. The van der Waals surface area contributed by atoms with E-state index in [1.807, 2.05) is 9.97 Å². The number of hydrogen-bond donors (Lipinski definition) is 6. The SMILES string of the molecule is O=c1[nH]c2cc(F)c([N+](=O)[O-])cc2n(CP(=O)(O)O)c1=O.O=c1[nH]c2cc([N+](=O)[O-])c(F)cc2n(CP(=O)(O)O)c1=O. The van der Waals surface area contributed by atoms with Gasteiger partial charge in [-0.2, -0.15) is 8.78 Å². The molecular formula is C18H14F2N6O14P2. The molecule has 2 aromatic heterocycles. The summed E-state index contributed by atoms with van der Waals surface area (Å²) in [7, 11) is -9.47.